The number of carbonyl (C=O) groups is 1. The molecule has 2 aromatic rings. The number of anilines is 1. The van der Waals surface area contributed by atoms with E-state index in [0.29, 0.717) is 6.54 Å². The molecule has 2 N–H and O–H groups in total. The highest BCUT2D eigenvalue weighted by atomic mass is 16.5. The van der Waals surface area contributed by atoms with E-state index in [1.807, 2.05) is 48.5 Å². The van der Waals surface area contributed by atoms with Crippen LogP contribution in [-0.2, 0) is 12.8 Å². The standard InChI is InChI=1S/C18H22N2O2/c1-3-14-7-9-16(10-8-14)20-18(21)19-12-11-15-5-4-6-17(13-15)22-2/h4-10,13H,3,11-12H2,1-2H3,(H2,19,20,21). The van der Waals surface area contributed by atoms with Gasteiger partial charge in [-0.05, 0) is 48.2 Å². The van der Waals surface area contributed by atoms with E-state index in [-0.39, 0.29) is 6.03 Å². The minimum atomic E-state index is -0.188. The topological polar surface area (TPSA) is 50.4 Å². The van der Waals surface area contributed by atoms with E-state index in [2.05, 4.69) is 17.6 Å². The van der Waals surface area contributed by atoms with E-state index < -0.39 is 0 Å². The molecule has 0 atom stereocenters. The lowest BCUT2D eigenvalue weighted by Gasteiger charge is -2.09. The minimum absolute atomic E-state index is 0.188. The van der Waals surface area contributed by atoms with Crippen LogP contribution in [0, 0.1) is 0 Å². The largest absolute Gasteiger partial charge is 0.497 e. The average Bonchev–Trinajstić information content (AvgIpc) is 2.56. The molecule has 0 saturated carbocycles. The van der Waals surface area contributed by atoms with Gasteiger partial charge in [-0.15, -0.1) is 0 Å². The van der Waals surface area contributed by atoms with E-state index in [4.69, 9.17) is 4.74 Å². The van der Waals surface area contributed by atoms with Gasteiger partial charge in [-0.25, -0.2) is 4.79 Å². The Morgan fingerprint density at radius 3 is 2.55 bits per heavy atom. The van der Waals surface area contributed by atoms with Gasteiger partial charge in [0.05, 0.1) is 7.11 Å². The van der Waals surface area contributed by atoms with E-state index >= 15 is 0 Å². The number of benzene rings is 2. The number of ether oxygens (including phenoxy) is 1. The Labute approximate surface area is 131 Å². The minimum Gasteiger partial charge on any atom is -0.497 e. The average molecular weight is 298 g/mol. The molecule has 0 saturated heterocycles. The van der Waals surface area contributed by atoms with Crippen LogP contribution >= 0.6 is 0 Å². The Morgan fingerprint density at radius 1 is 1.09 bits per heavy atom. The zero-order chi connectivity index (χ0) is 15.8. The summed E-state index contributed by atoms with van der Waals surface area (Å²) in [7, 11) is 1.65. The zero-order valence-corrected chi connectivity index (χ0v) is 13.1. The van der Waals surface area contributed by atoms with Gasteiger partial charge in [-0.1, -0.05) is 31.2 Å². The summed E-state index contributed by atoms with van der Waals surface area (Å²) in [6.45, 7) is 2.68. The summed E-state index contributed by atoms with van der Waals surface area (Å²) in [5, 5.41) is 5.68. The van der Waals surface area contributed by atoms with Crippen molar-refractivity contribution in [3.05, 3.63) is 59.7 Å². The van der Waals surface area contributed by atoms with Crippen LogP contribution in [-0.4, -0.2) is 19.7 Å². The van der Waals surface area contributed by atoms with Crippen molar-refractivity contribution in [2.24, 2.45) is 0 Å². The van der Waals surface area contributed by atoms with Crippen molar-refractivity contribution in [3.63, 3.8) is 0 Å². The molecule has 0 fully saturated rings. The maximum absolute atomic E-state index is 11.8. The van der Waals surface area contributed by atoms with Crippen molar-refractivity contribution >= 4 is 11.7 Å². The molecule has 116 valence electrons. The summed E-state index contributed by atoms with van der Waals surface area (Å²) in [4.78, 5) is 11.8. The number of hydrogen-bond acceptors (Lipinski definition) is 2. The second kappa shape index (κ2) is 8.08. The molecule has 0 bridgehead atoms. The summed E-state index contributed by atoms with van der Waals surface area (Å²) in [6.07, 6.45) is 1.76. The Bertz CT molecular complexity index is 609. The van der Waals surface area contributed by atoms with E-state index in [0.717, 1.165) is 29.8 Å². The summed E-state index contributed by atoms with van der Waals surface area (Å²) >= 11 is 0. The predicted octanol–water partition coefficient (Wildman–Crippen LogP) is 3.62. The van der Waals surface area contributed by atoms with E-state index in [1.165, 1.54) is 5.56 Å². The van der Waals surface area contributed by atoms with Gasteiger partial charge in [0, 0.05) is 12.2 Å². The van der Waals surface area contributed by atoms with Gasteiger partial charge in [-0.2, -0.15) is 0 Å². The van der Waals surface area contributed by atoms with Crippen LogP contribution in [0.15, 0.2) is 48.5 Å². The number of carbonyl (C=O) groups excluding carboxylic acids is 1. The van der Waals surface area contributed by atoms with Crippen LogP contribution in [0.25, 0.3) is 0 Å². The van der Waals surface area contributed by atoms with Gasteiger partial charge >= 0.3 is 6.03 Å². The predicted molar refractivity (Wildman–Crippen MR) is 89.5 cm³/mol. The number of nitrogens with one attached hydrogen (secondary N) is 2. The highest BCUT2D eigenvalue weighted by Gasteiger charge is 2.02. The second-order valence-corrected chi connectivity index (χ2v) is 5.03. The number of urea groups is 1. The molecule has 0 unspecified atom stereocenters. The van der Waals surface area contributed by atoms with Crippen molar-refractivity contribution in [2.45, 2.75) is 19.8 Å². The van der Waals surface area contributed by atoms with Gasteiger partial charge < -0.3 is 15.4 Å². The van der Waals surface area contributed by atoms with Gasteiger partial charge in [-0.3, -0.25) is 0 Å². The van der Waals surface area contributed by atoms with E-state index in [1.54, 1.807) is 7.11 Å². The van der Waals surface area contributed by atoms with Crippen LogP contribution < -0.4 is 15.4 Å². The fourth-order valence-corrected chi connectivity index (χ4v) is 2.15. The van der Waals surface area contributed by atoms with Crippen LogP contribution in [0.2, 0.25) is 0 Å². The molecule has 4 heteroatoms. The van der Waals surface area contributed by atoms with Gasteiger partial charge in [0.1, 0.15) is 5.75 Å². The first kappa shape index (κ1) is 15.9. The molecule has 0 spiro atoms. The number of rotatable bonds is 6. The molecule has 4 nitrogen and oxygen atoms in total. The molecule has 0 heterocycles. The molecular weight excluding hydrogens is 276 g/mol. The van der Waals surface area contributed by atoms with Crippen molar-refractivity contribution < 1.29 is 9.53 Å². The summed E-state index contributed by atoms with van der Waals surface area (Å²) in [5.41, 5.74) is 3.19. The van der Waals surface area contributed by atoms with Crippen LogP contribution in [0.5, 0.6) is 5.75 Å². The summed E-state index contributed by atoms with van der Waals surface area (Å²) < 4.78 is 5.18. The number of hydrogen-bond donors (Lipinski definition) is 2. The molecule has 2 amide bonds. The number of amides is 2. The number of methoxy groups -OCH3 is 1. The number of aryl methyl sites for hydroxylation is 1. The second-order valence-electron chi connectivity index (χ2n) is 5.03. The molecular formula is C18H22N2O2. The normalized spacial score (nSPS) is 10.1. The zero-order valence-electron chi connectivity index (χ0n) is 13.1. The van der Waals surface area contributed by atoms with Crippen molar-refractivity contribution in [3.8, 4) is 5.75 Å². The maximum atomic E-state index is 11.8. The smallest absolute Gasteiger partial charge is 0.319 e. The first-order valence-corrected chi connectivity index (χ1v) is 7.48. The lowest BCUT2D eigenvalue weighted by Crippen LogP contribution is -2.30. The van der Waals surface area contributed by atoms with Crippen LogP contribution in [0.1, 0.15) is 18.1 Å². The summed E-state index contributed by atoms with van der Waals surface area (Å²) in [6, 6.07) is 15.5. The third-order valence-electron chi connectivity index (χ3n) is 3.45. The monoisotopic (exact) mass is 298 g/mol. The molecule has 0 aliphatic rings. The third-order valence-corrected chi connectivity index (χ3v) is 3.45. The van der Waals surface area contributed by atoms with Gasteiger partial charge in [0.15, 0.2) is 0 Å². The molecule has 0 aromatic heterocycles. The lowest BCUT2D eigenvalue weighted by atomic mass is 10.1. The Morgan fingerprint density at radius 2 is 1.86 bits per heavy atom. The molecule has 0 radical (unpaired) electrons. The molecule has 2 aromatic carbocycles. The Hall–Kier alpha value is -2.49. The third kappa shape index (κ3) is 4.81. The first-order chi connectivity index (χ1) is 10.7. The fraction of sp³-hybridized carbons (Fsp3) is 0.278. The molecule has 2 rings (SSSR count). The lowest BCUT2D eigenvalue weighted by molar-refractivity contribution is 0.252. The van der Waals surface area contributed by atoms with Gasteiger partial charge in [0.2, 0.25) is 0 Å². The fourth-order valence-electron chi connectivity index (χ4n) is 2.15. The first-order valence-electron chi connectivity index (χ1n) is 7.48. The highest BCUT2D eigenvalue weighted by Crippen LogP contribution is 2.13. The summed E-state index contributed by atoms with van der Waals surface area (Å²) in [5.74, 6) is 0.831. The van der Waals surface area contributed by atoms with Crippen molar-refractivity contribution in [2.75, 3.05) is 19.0 Å². The van der Waals surface area contributed by atoms with Crippen molar-refractivity contribution in [1.82, 2.24) is 5.32 Å². The Kier molecular flexibility index (Phi) is 5.83. The molecule has 0 aliphatic carbocycles. The van der Waals surface area contributed by atoms with Crippen molar-refractivity contribution in [1.29, 1.82) is 0 Å². The van der Waals surface area contributed by atoms with Gasteiger partial charge in [0.25, 0.3) is 0 Å². The molecule has 0 aliphatic heterocycles. The quantitative estimate of drug-likeness (QED) is 0.855. The maximum Gasteiger partial charge on any atom is 0.319 e. The SMILES string of the molecule is CCc1ccc(NC(=O)NCCc2cccc(OC)c2)cc1. The highest BCUT2D eigenvalue weighted by molar-refractivity contribution is 5.89. The van der Waals surface area contributed by atoms with Crippen LogP contribution in [0.4, 0.5) is 10.5 Å². The molecule has 22 heavy (non-hydrogen) atoms. The Balaban J connectivity index is 1.77. The van der Waals surface area contributed by atoms with Crippen LogP contribution in [0.3, 0.4) is 0 Å². The van der Waals surface area contributed by atoms with E-state index in [9.17, 15) is 4.79 Å².